The first-order valence-electron chi connectivity index (χ1n) is 7.49. The third kappa shape index (κ3) is 5.12. The van der Waals surface area contributed by atoms with Crippen molar-refractivity contribution in [1.82, 2.24) is 9.80 Å². The molecule has 1 aromatic rings. The van der Waals surface area contributed by atoms with Crippen molar-refractivity contribution in [2.45, 2.75) is 12.7 Å². The summed E-state index contributed by atoms with van der Waals surface area (Å²) in [6.45, 7) is 3.24. The van der Waals surface area contributed by atoms with Crippen molar-refractivity contribution in [3.05, 3.63) is 35.4 Å². The zero-order valence-corrected chi connectivity index (χ0v) is 13.4. The summed E-state index contributed by atoms with van der Waals surface area (Å²) in [6.07, 6.45) is -4.38. The fraction of sp³-hybridized carbons (Fsp3) is 0.467. The molecule has 1 aliphatic rings. The summed E-state index contributed by atoms with van der Waals surface area (Å²) in [5, 5.41) is 0. The van der Waals surface area contributed by atoms with E-state index in [1.54, 1.807) is 6.07 Å². The molecule has 0 aliphatic carbocycles. The van der Waals surface area contributed by atoms with E-state index in [2.05, 4.69) is 14.9 Å². The third-order valence-electron chi connectivity index (χ3n) is 3.73. The van der Waals surface area contributed by atoms with Crippen molar-refractivity contribution < 1.29 is 13.2 Å². The van der Waals surface area contributed by atoms with Crippen molar-refractivity contribution in [3.63, 3.8) is 0 Å². The molecule has 0 saturated carbocycles. The molecule has 0 aromatic heterocycles. The van der Waals surface area contributed by atoms with Crippen LogP contribution in [0.2, 0.25) is 0 Å². The molecule has 4 N–H and O–H groups in total. The van der Waals surface area contributed by atoms with E-state index in [0.29, 0.717) is 5.56 Å². The van der Waals surface area contributed by atoms with Crippen LogP contribution in [-0.4, -0.2) is 54.9 Å². The van der Waals surface area contributed by atoms with Gasteiger partial charge < -0.3 is 21.3 Å². The van der Waals surface area contributed by atoms with E-state index < -0.39 is 11.7 Å². The minimum Gasteiger partial charge on any atom is -0.369 e. The molecule has 0 bridgehead atoms. The number of hydrogen-bond donors (Lipinski definition) is 2. The number of rotatable bonds is 2. The van der Waals surface area contributed by atoms with Crippen LogP contribution in [0.15, 0.2) is 34.3 Å². The molecule has 1 aliphatic heterocycles. The van der Waals surface area contributed by atoms with Crippen LogP contribution < -0.4 is 11.5 Å². The van der Waals surface area contributed by atoms with Gasteiger partial charge in [-0.05, 0) is 24.7 Å². The average Bonchev–Trinajstić information content (AvgIpc) is 2.53. The Kier molecular flexibility index (Phi) is 5.66. The highest BCUT2D eigenvalue weighted by atomic mass is 19.4. The highest BCUT2D eigenvalue weighted by Crippen LogP contribution is 2.29. The van der Waals surface area contributed by atoms with Crippen LogP contribution in [0.1, 0.15) is 11.1 Å². The van der Waals surface area contributed by atoms with Gasteiger partial charge in [0.15, 0.2) is 5.96 Å². The molecule has 2 rings (SSSR count). The van der Waals surface area contributed by atoms with E-state index in [-0.39, 0.29) is 18.5 Å². The molecule has 0 amide bonds. The van der Waals surface area contributed by atoms with E-state index in [0.717, 1.165) is 38.3 Å². The zero-order valence-electron chi connectivity index (χ0n) is 13.4. The number of aliphatic imine (C=N–C) groups is 2. The van der Waals surface area contributed by atoms with Gasteiger partial charge in [-0.2, -0.15) is 18.2 Å². The van der Waals surface area contributed by atoms with Crippen LogP contribution in [0.5, 0.6) is 0 Å². The van der Waals surface area contributed by atoms with Crippen LogP contribution >= 0.6 is 0 Å². The largest absolute Gasteiger partial charge is 0.416 e. The van der Waals surface area contributed by atoms with Gasteiger partial charge in [0, 0.05) is 26.2 Å². The SMILES string of the molecule is CN1CCN(/C(N)=N/C(N)=NCc2cccc(C(F)(F)F)c2)CC1. The number of nitrogens with zero attached hydrogens (tertiary/aromatic N) is 4. The van der Waals surface area contributed by atoms with E-state index in [4.69, 9.17) is 11.5 Å². The smallest absolute Gasteiger partial charge is 0.369 e. The number of guanidine groups is 2. The second-order valence-corrected chi connectivity index (χ2v) is 5.63. The molecule has 1 aromatic carbocycles. The van der Waals surface area contributed by atoms with E-state index in [1.165, 1.54) is 6.07 Å². The molecule has 24 heavy (non-hydrogen) atoms. The van der Waals surface area contributed by atoms with Gasteiger partial charge in [-0.25, -0.2) is 4.99 Å². The van der Waals surface area contributed by atoms with Crippen molar-refractivity contribution in [3.8, 4) is 0 Å². The Labute approximate surface area is 138 Å². The van der Waals surface area contributed by atoms with Gasteiger partial charge in [-0.15, -0.1) is 0 Å². The minimum absolute atomic E-state index is 0.00920. The lowest BCUT2D eigenvalue weighted by Gasteiger charge is -2.32. The van der Waals surface area contributed by atoms with Crippen LogP contribution in [0, 0.1) is 0 Å². The Hall–Kier alpha value is -2.29. The molecule has 0 radical (unpaired) electrons. The quantitative estimate of drug-likeness (QED) is 0.622. The Morgan fingerprint density at radius 3 is 2.46 bits per heavy atom. The lowest BCUT2D eigenvalue weighted by molar-refractivity contribution is -0.137. The summed E-state index contributed by atoms with van der Waals surface area (Å²) in [4.78, 5) is 12.1. The highest BCUT2D eigenvalue weighted by Gasteiger charge is 2.30. The summed E-state index contributed by atoms with van der Waals surface area (Å²) in [6, 6.07) is 4.95. The van der Waals surface area contributed by atoms with Crippen molar-refractivity contribution in [2.75, 3.05) is 33.2 Å². The van der Waals surface area contributed by atoms with Gasteiger partial charge in [0.05, 0.1) is 12.1 Å². The van der Waals surface area contributed by atoms with E-state index in [1.807, 2.05) is 11.9 Å². The Morgan fingerprint density at radius 2 is 1.83 bits per heavy atom. The molecule has 132 valence electrons. The second-order valence-electron chi connectivity index (χ2n) is 5.63. The summed E-state index contributed by atoms with van der Waals surface area (Å²) in [5.41, 5.74) is 11.3. The van der Waals surface area contributed by atoms with Crippen LogP contribution in [0.3, 0.4) is 0 Å². The molecule has 9 heteroatoms. The topological polar surface area (TPSA) is 83.2 Å². The third-order valence-corrected chi connectivity index (χ3v) is 3.73. The van der Waals surface area contributed by atoms with Gasteiger partial charge in [-0.1, -0.05) is 12.1 Å². The first-order chi connectivity index (χ1) is 11.3. The maximum atomic E-state index is 12.7. The van der Waals surface area contributed by atoms with Crippen molar-refractivity contribution in [1.29, 1.82) is 0 Å². The molecule has 1 fully saturated rings. The Morgan fingerprint density at radius 1 is 1.17 bits per heavy atom. The maximum absolute atomic E-state index is 12.7. The number of halogens is 3. The molecule has 1 saturated heterocycles. The molecule has 6 nitrogen and oxygen atoms in total. The zero-order chi connectivity index (χ0) is 17.7. The maximum Gasteiger partial charge on any atom is 0.416 e. The molecular formula is C15H21F3N6. The molecule has 0 atom stereocenters. The fourth-order valence-electron chi connectivity index (χ4n) is 2.28. The first-order valence-corrected chi connectivity index (χ1v) is 7.49. The predicted molar refractivity (Wildman–Crippen MR) is 87.5 cm³/mol. The Bertz CT molecular complexity index is 618. The number of likely N-dealkylation sites (N-methyl/N-ethyl adjacent to an activating group) is 1. The lowest BCUT2D eigenvalue weighted by Crippen LogP contribution is -2.50. The molecule has 1 heterocycles. The van der Waals surface area contributed by atoms with Crippen molar-refractivity contribution >= 4 is 11.9 Å². The molecule has 0 spiro atoms. The number of piperazine rings is 1. The van der Waals surface area contributed by atoms with Gasteiger partial charge in [0.1, 0.15) is 0 Å². The summed E-state index contributed by atoms with van der Waals surface area (Å²) in [7, 11) is 2.02. The molecule has 0 unspecified atom stereocenters. The highest BCUT2D eigenvalue weighted by molar-refractivity contribution is 5.93. The number of hydrogen-bond acceptors (Lipinski definition) is 2. The first kappa shape index (κ1) is 18.1. The van der Waals surface area contributed by atoms with Gasteiger partial charge >= 0.3 is 6.18 Å². The van der Waals surface area contributed by atoms with E-state index >= 15 is 0 Å². The second kappa shape index (κ2) is 7.52. The summed E-state index contributed by atoms with van der Waals surface area (Å²) in [5.74, 6) is 0.220. The molecular weight excluding hydrogens is 321 g/mol. The monoisotopic (exact) mass is 342 g/mol. The van der Waals surface area contributed by atoms with Gasteiger partial charge in [-0.3, -0.25) is 0 Å². The van der Waals surface area contributed by atoms with Crippen LogP contribution in [0.4, 0.5) is 13.2 Å². The number of nitrogens with two attached hydrogens (primary N) is 2. The number of benzene rings is 1. The lowest BCUT2D eigenvalue weighted by atomic mass is 10.1. The van der Waals surface area contributed by atoms with E-state index in [9.17, 15) is 13.2 Å². The normalized spacial score (nSPS) is 18.1. The number of alkyl halides is 3. The predicted octanol–water partition coefficient (Wildman–Crippen LogP) is 1.08. The van der Waals surface area contributed by atoms with Crippen LogP contribution in [0.25, 0.3) is 0 Å². The Balaban J connectivity index is 2.00. The fourth-order valence-corrected chi connectivity index (χ4v) is 2.28. The van der Waals surface area contributed by atoms with Gasteiger partial charge in [0.25, 0.3) is 0 Å². The standard InChI is InChI=1S/C15H21F3N6/c1-23-5-7-24(8-6-23)14(20)22-13(19)21-10-11-3-2-4-12(9-11)15(16,17)18/h2-4,9H,5-8,10H2,1H3,(H4,19,20,21,22). The minimum atomic E-state index is -4.38. The average molecular weight is 342 g/mol. The van der Waals surface area contributed by atoms with Crippen molar-refractivity contribution in [2.24, 2.45) is 21.5 Å². The summed E-state index contributed by atoms with van der Waals surface area (Å²) < 4.78 is 38.0. The summed E-state index contributed by atoms with van der Waals surface area (Å²) >= 11 is 0. The van der Waals surface area contributed by atoms with Crippen LogP contribution in [-0.2, 0) is 12.7 Å². The van der Waals surface area contributed by atoms with Gasteiger partial charge in [0.2, 0.25) is 5.96 Å².